The van der Waals surface area contributed by atoms with Gasteiger partial charge in [0.05, 0.1) is 0 Å². The minimum atomic E-state index is -3.82. The Morgan fingerprint density at radius 2 is 1.00 bits per heavy atom. The average molecular weight is 217 g/mol. The predicted molar refractivity (Wildman–Crippen MR) is 2.06 cm³/mol. The SMILES string of the molecule is [O]=[Tm](=[O])=[O]. The van der Waals surface area contributed by atoms with E-state index in [9.17, 15) is 0 Å². The summed E-state index contributed by atoms with van der Waals surface area (Å²) in [5, 5.41) is 0. The molecule has 0 aliphatic carbocycles. The van der Waals surface area contributed by atoms with Crippen molar-refractivity contribution in [2.45, 2.75) is 0 Å². The Bertz CT molecular complexity index is 72.7. The van der Waals surface area contributed by atoms with E-state index in [2.05, 4.69) is 0 Å². The molecule has 4 heteroatoms. The summed E-state index contributed by atoms with van der Waals surface area (Å²) in [6.07, 6.45) is 0. The van der Waals surface area contributed by atoms with Crippen LogP contribution in [-0.4, -0.2) is 0 Å². The van der Waals surface area contributed by atoms with Gasteiger partial charge in [-0.2, -0.15) is 0 Å². The molecule has 0 aliphatic rings. The summed E-state index contributed by atoms with van der Waals surface area (Å²) in [6.45, 7) is 0. The van der Waals surface area contributed by atoms with Crippen molar-refractivity contribution in [3.05, 3.63) is 0 Å². The van der Waals surface area contributed by atoms with Crippen LogP contribution in [-0.2, 0) is 4.62 Å². The van der Waals surface area contributed by atoms with Crippen LogP contribution < -0.4 is 0 Å². The maximum atomic E-state index is 8.55. The van der Waals surface area contributed by atoms with Gasteiger partial charge in [0.25, 0.3) is 0 Å². The van der Waals surface area contributed by atoms with E-state index in [-0.39, 0.29) is 0 Å². The Labute approximate surface area is 35.8 Å². The zero-order chi connectivity index (χ0) is 3.58. The van der Waals surface area contributed by atoms with Crippen molar-refractivity contribution in [1.82, 2.24) is 0 Å². The molecule has 0 aromatic heterocycles. The van der Waals surface area contributed by atoms with Crippen LogP contribution in [0.15, 0.2) is 0 Å². The van der Waals surface area contributed by atoms with Crippen LogP contribution in [0.4, 0.5) is 0 Å². The molecule has 3 nitrogen and oxygen atoms in total. The molecule has 0 unspecified atom stereocenters. The quantitative estimate of drug-likeness (QED) is 0.556. The van der Waals surface area contributed by atoms with Gasteiger partial charge in [0, 0.05) is 0 Å². The molecular formula is O3Tm. The molecule has 0 fully saturated rings. The Morgan fingerprint density at radius 3 is 1.00 bits per heavy atom. The summed E-state index contributed by atoms with van der Waals surface area (Å²) >= 11 is -3.82. The molecule has 4 heavy (non-hydrogen) atoms. The van der Waals surface area contributed by atoms with Crippen LogP contribution in [0.5, 0.6) is 0 Å². The molecule has 0 rings (SSSR count). The molecule has 0 saturated carbocycles. The average Bonchev–Trinajstić information content (AvgIpc) is 0.811. The van der Waals surface area contributed by atoms with Crippen LogP contribution in [0, 0.1) is 31.4 Å². The van der Waals surface area contributed by atoms with Crippen molar-refractivity contribution in [3.8, 4) is 0 Å². The minimum absolute atomic E-state index is 3.82. The summed E-state index contributed by atoms with van der Waals surface area (Å²) in [5.41, 5.74) is 0. The first kappa shape index (κ1) is 4.63. The van der Waals surface area contributed by atoms with E-state index in [4.69, 9.17) is 4.62 Å². The normalized spacial score (nSPS) is 10.5. The van der Waals surface area contributed by atoms with Crippen LogP contribution in [0.25, 0.3) is 0 Å². The summed E-state index contributed by atoms with van der Waals surface area (Å²) in [7, 11) is 0. The van der Waals surface area contributed by atoms with E-state index >= 15 is 0 Å². The van der Waals surface area contributed by atoms with Crippen molar-refractivity contribution in [2.24, 2.45) is 0 Å². The second-order valence-corrected chi connectivity index (χ2v) is 1.03. The Kier molecular flexibility index (Phi) is 2.21. The van der Waals surface area contributed by atoms with Gasteiger partial charge in [0.1, 0.15) is 0 Å². The third-order valence-electron chi connectivity index (χ3n) is 0. The summed E-state index contributed by atoms with van der Waals surface area (Å²) in [5.74, 6) is 0. The zero-order valence-electron chi connectivity index (χ0n) is 1.50. The molecule has 0 amide bonds. The molecule has 0 saturated heterocycles. The maximum absolute atomic E-state index is 8.55. The van der Waals surface area contributed by atoms with Crippen LogP contribution in [0.3, 0.4) is 0 Å². The molecule has 0 radical (unpaired) electrons. The van der Waals surface area contributed by atoms with Gasteiger partial charge in [-0.3, -0.25) is 0 Å². The zero-order valence-corrected chi connectivity index (χ0v) is 3.28. The molecule has 0 aromatic rings. The van der Waals surface area contributed by atoms with Crippen LogP contribution >= 0.6 is 0 Å². The molecule has 0 aliphatic heterocycles. The van der Waals surface area contributed by atoms with Gasteiger partial charge in [-0.05, 0) is 0 Å². The third kappa shape index (κ3) is 17.5. The molecule has 0 N–H and O–H groups in total. The fourth-order valence-electron chi connectivity index (χ4n) is 0. The molecular weight excluding hydrogens is 217 g/mol. The number of hydrogen-bond donors (Lipinski definition) is 0. The van der Waals surface area contributed by atoms with E-state index in [1.165, 1.54) is 0 Å². The van der Waals surface area contributed by atoms with E-state index in [0.717, 1.165) is 0 Å². The van der Waals surface area contributed by atoms with Crippen molar-refractivity contribution in [3.63, 3.8) is 0 Å². The van der Waals surface area contributed by atoms with Gasteiger partial charge in [-0.25, -0.2) is 0 Å². The van der Waals surface area contributed by atoms with E-state index in [0.29, 0.717) is 0 Å². The first-order chi connectivity index (χ1) is 1.73. The predicted octanol–water partition coefficient (Wildman–Crippen LogP) is -0.356. The standard InChI is InChI=1S/3O.Tm. The fourth-order valence-corrected chi connectivity index (χ4v) is 0. The van der Waals surface area contributed by atoms with Crippen molar-refractivity contribution >= 4 is 0 Å². The van der Waals surface area contributed by atoms with Crippen molar-refractivity contribution in [2.75, 3.05) is 0 Å². The first-order valence-electron chi connectivity index (χ1n) is 0.340. The van der Waals surface area contributed by atoms with Gasteiger partial charge >= 0.3 is 36.0 Å². The molecule has 0 atom stereocenters. The number of hydrogen-bond acceptors (Lipinski definition) is 3. The van der Waals surface area contributed by atoms with Gasteiger partial charge in [0.15, 0.2) is 0 Å². The van der Waals surface area contributed by atoms with Gasteiger partial charge in [-0.1, -0.05) is 0 Å². The Morgan fingerprint density at radius 1 is 1.00 bits per heavy atom. The van der Waals surface area contributed by atoms with Crippen molar-refractivity contribution in [1.29, 1.82) is 0 Å². The summed E-state index contributed by atoms with van der Waals surface area (Å²) < 4.78 is 25.6. The second-order valence-electron chi connectivity index (χ2n) is 0.139. The third-order valence-corrected chi connectivity index (χ3v) is 0. The van der Waals surface area contributed by atoms with Gasteiger partial charge in [0.2, 0.25) is 0 Å². The Hall–Kier alpha value is 0.634. The van der Waals surface area contributed by atoms with E-state index in [1.807, 2.05) is 0 Å². The molecule has 0 spiro atoms. The van der Waals surface area contributed by atoms with Gasteiger partial charge < -0.3 is 0 Å². The molecule has 0 heterocycles. The summed E-state index contributed by atoms with van der Waals surface area (Å²) in [4.78, 5) is 0. The fraction of sp³-hybridized carbons (Fsp3) is 0. The van der Waals surface area contributed by atoms with Crippen LogP contribution in [0.2, 0.25) is 0 Å². The Balaban J connectivity index is 4.65. The van der Waals surface area contributed by atoms with Crippen LogP contribution in [0.1, 0.15) is 0 Å². The van der Waals surface area contributed by atoms with Crippen molar-refractivity contribution < 1.29 is 36.0 Å². The second kappa shape index (κ2) is 1.91. The molecule has 31 valence electrons. The van der Waals surface area contributed by atoms with Gasteiger partial charge in [-0.15, -0.1) is 0 Å². The van der Waals surface area contributed by atoms with E-state index < -0.39 is 31.4 Å². The molecule has 0 bridgehead atoms. The topological polar surface area (TPSA) is 51.2 Å². The van der Waals surface area contributed by atoms with E-state index in [1.54, 1.807) is 0 Å². The molecule has 0 aromatic carbocycles. The monoisotopic (exact) mass is 217 g/mol. The first-order valence-corrected chi connectivity index (χ1v) is 2.52. The number of rotatable bonds is 0. The summed E-state index contributed by atoms with van der Waals surface area (Å²) in [6, 6.07) is 0.